The molecule has 1 radical (unpaired) electrons. The highest BCUT2D eigenvalue weighted by atomic mass is 16.2. The van der Waals surface area contributed by atoms with Gasteiger partial charge >= 0.3 is 6.03 Å². The second-order valence-corrected chi connectivity index (χ2v) is 5.11. The standard InChI is InChI=1S/C17H12N5O/c23-17-20-15-16(21-17)22(11-12-5-2-1-3-6-12)14(10-19-15)13-7-4-8-18-9-13/h1-10H,11H2. The van der Waals surface area contributed by atoms with Crippen LogP contribution in [0.3, 0.4) is 0 Å². The van der Waals surface area contributed by atoms with Crippen molar-refractivity contribution >= 4 is 23.4 Å². The quantitative estimate of drug-likeness (QED) is 0.874. The van der Waals surface area contributed by atoms with E-state index in [2.05, 4.69) is 20.3 Å². The van der Waals surface area contributed by atoms with Gasteiger partial charge in [-0.05, 0) is 17.7 Å². The van der Waals surface area contributed by atoms with E-state index in [0.717, 1.165) is 16.8 Å². The minimum absolute atomic E-state index is 0.360. The van der Waals surface area contributed by atoms with Crippen LogP contribution in [0.1, 0.15) is 11.1 Å². The lowest BCUT2D eigenvalue weighted by molar-refractivity contribution is 0.253. The fourth-order valence-corrected chi connectivity index (χ4v) is 2.55. The molecular formula is C17H12N5O. The van der Waals surface area contributed by atoms with Gasteiger partial charge in [0.15, 0.2) is 5.84 Å². The second-order valence-electron chi connectivity index (χ2n) is 5.11. The topological polar surface area (TPSA) is 72.0 Å². The number of urea groups is 1. The Kier molecular flexibility index (Phi) is 3.20. The van der Waals surface area contributed by atoms with E-state index in [1.165, 1.54) is 0 Å². The molecule has 3 heterocycles. The fraction of sp³-hybridized carbons (Fsp3) is 0.0588. The molecule has 0 atom stereocenters. The Labute approximate surface area is 132 Å². The molecule has 2 aromatic rings. The lowest BCUT2D eigenvalue weighted by Gasteiger charge is -2.28. The average molecular weight is 302 g/mol. The monoisotopic (exact) mass is 302 g/mol. The number of carbonyl (C=O) groups is 1. The highest BCUT2D eigenvalue weighted by molar-refractivity contribution is 6.49. The molecule has 0 bridgehead atoms. The molecule has 23 heavy (non-hydrogen) atoms. The van der Waals surface area contributed by atoms with Crippen molar-refractivity contribution in [3.05, 3.63) is 72.2 Å². The van der Waals surface area contributed by atoms with Gasteiger partial charge in [0, 0.05) is 24.5 Å². The summed E-state index contributed by atoms with van der Waals surface area (Å²) in [6.07, 6.45) is 5.18. The molecule has 0 fully saturated rings. The van der Waals surface area contributed by atoms with Gasteiger partial charge in [0.2, 0.25) is 5.84 Å². The Balaban J connectivity index is 1.77. The number of hydrogen-bond acceptors (Lipinski definition) is 4. The highest BCUT2D eigenvalue weighted by Gasteiger charge is 2.33. The number of pyridine rings is 1. The van der Waals surface area contributed by atoms with Gasteiger partial charge in [0.05, 0.1) is 11.9 Å². The van der Waals surface area contributed by atoms with Gasteiger partial charge in [-0.2, -0.15) is 10.3 Å². The second kappa shape index (κ2) is 5.49. The molecule has 2 amide bonds. The third-order valence-corrected chi connectivity index (χ3v) is 3.60. The highest BCUT2D eigenvalue weighted by Crippen LogP contribution is 2.26. The minimum Gasteiger partial charge on any atom is -0.317 e. The molecule has 0 N–H and O–H groups in total. The number of nitrogens with zero attached hydrogens (tertiary/aromatic N) is 5. The number of aromatic nitrogens is 1. The van der Waals surface area contributed by atoms with Crippen molar-refractivity contribution in [2.24, 2.45) is 9.98 Å². The van der Waals surface area contributed by atoms with E-state index < -0.39 is 6.03 Å². The van der Waals surface area contributed by atoms with Crippen molar-refractivity contribution in [2.75, 3.05) is 0 Å². The zero-order valence-electron chi connectivity index (χ0n) is 12.1. The summed E-state index contributed by atoms with van der Waals surface area (Å²) in [6.45, 7) is 0.572. The van der Waals surface area contributed by atoms with Crippen LogP contribution < -0.4 is 5.32 Å². The molecule has 0 spiro atoms. The Hall–Kier alpha value is -3.28. The summed E-state index contributed by atoms with van der Waals surface area (Å²) in [5.41, 5.74) is 2.85. The third-order valence-electron chi connectivity index (χ3n) is 3.60. The summed E-state index contributed by atoms with van der Waals surface area (Å²) in [6, 6.07) is 13.3. The Morgan fingerprint density at radius 2 is 1.91 bits per heavy atom. The summed E-state index contributed by atoms with van der Waals surface area (Å²) >= 11 is 0. The lowest BCUT2D eigenvalue weighted by Crippen LogP contribution is -2.37. The molecule has 6 heteroatoms. The van der Waals surface area contributed by atoms with Gasteiger partial charge in [0.25, 0.3) is 0 Å². The first-order chi connectivity index (χ1) is 11.3. The largest absolute Gasteiger partial charge is 0.371 e. The number of carbonyl (C=O) groups excluding carboxylic acids is 1. The van der Waals surface area contributed by atoms with E-state index in [-0.39, 0.29) is 0 Å². The van der Waals surface area contributed by atoms with Crippen LogP contribution in [0.2, 0.25) is 0 Å². The van der Waals surface area contributed by atoms with Crippen LogP contribution in [-0.2, 0) is 6.54 Å². The molecule has 1 aromatic carbocycles. The zero-order valence-corrected chi connectivity index (χ0v) is 12.1. The van der Waals surface area contributed by atoms with Crippen LogP contribution in [0.15, 0.2) is 71.0 Å². The Morgan fingerprint density at radius 1 is 1.04 bits per heavy atom. The van der Waals surface area contributed by atoms with E-state index >= 15 is 0 Å². The predicted molar refractivity (Wildman–Crippen MR) is 86.6 cm³/mol. The van der Waals surface area contributed by atoms with Crippen molar-refractivity contribution in [3.63, 3.8) is 0 Å². The molecule has 111 valence electrons. The number of amides is 2. The molecular weight excluding hydrogens is 290 g/mol. The van der Waals surface area contributed by atoms with Crippen molar-refractivity contribution in [3.8, 4) is 0 Å². The number of rotatable bonds is 3. The zero-order chi connectivity index (χ0) is 15.6. The Morgan fingerprint density at radius 3 is 2.70 bits per heavy atom. The van der Waals surface area contributed by atoms with E-state index in [1.807, 2.05) is 47.4 Å². The smallest absolute Gasteiger partial charge is 0.317 e. The number of amidine groups is 2. The molecule has 0 saturated carbocycles. The molecule has 4 rings (SSSR count). The van der Waals surface area contributed by atoms with Crippen molar-refractivity contribution in [2.45, 2.75) is 6.54 Å². The maximum absolute atomic E-state index is 11.6. The number of hydrogen-bond donors (Lipinski definition) is 0. The summed E-state index contributed by atoms with van der Waals surface area (Å²) in [5, 5.41) is 3.84. The molecule has 6 nitrogen and oxygen atoms in total. The normalized spacial score (nSPS) is 16.3. The van der Waals surface area contributed by atoms with Crippen molar-refractivity contribution < 1.29 is 4.79 Å². The first-order valence-corrected chi connectivity index (χ1v) is 7.16. The van der Waals surface area contributed by atoms with E-state index in [4.69, 9.17) is 0 Å². The van der Waals surface area contributed by atoms with Gasteiger partial charge < -0.3 is 4.90 Å². The fourth-order valence-electron chi connectivity index (χ4n) is 2.55. The maximum Gasteiger partial charge on any atom is 0.371 e. The van der Waals surface area contributed by atoms with Crippen LogP contribution in [0.25, 0.3) is 5.70 Å². The summed E-state index contributed by atoms with van der Waals surface area (Å²) in [5.74, 6) is 0.846. The molecule has 0 aliphatic carbocycles. The third kappa shape index (κ3) is 2.50. The van der Waals surface area contributed by atoms with Crippen molar-refractivity contribution in [1.82, 2.24) is 15.2 Å². The molecule has 1 aromatic heterocycles. The number of benzene rings is 1. The van der Waals surface area contributed by atoms with E-state index in [9.17, 15) is 4.79 Å². The van der Waals surface area contributed by atoms with E-state index in [0.29, 0.717) is 18.2 Å². The van der Waals surface area contributed by atoms with Gasteiger partial charge in [0.1, 0.15) is 0 Å². The van der Waals surface area contributed by atoms with Gasteiger partial charge in [-0.25, -0.2) is 9.79 Å². The minimum atomic E-state index is -0.516. The van der Waals surface area contributed by atoms with Gasteiger partial charge in [-0.15, -0.1) is 0 Å². The van der Waals surface area contributed by atoms with E-state index in [1.54, 1.807) is 18.6 Å². The SMILES string of the molecule is O=C1[N]C2=NC=C(c3cccnc3)N(Cc3ccccc3)C2=N1. The average Bonchev–Trinajstić information content (AvgIpc) is 2.98. The Bertz CT molecular complexity index is 840. The molecule has 0 unspecified atom stereocenters. The summed E-state index contributed by atoms with van der Waals surface area (Å²) in [7, 11) is 0. The van der Waals surface area contributed by atoms with Crippen LogP contribution in [0.4, 0.5) is 4.79 Å². The maximum atomic E-state index is 11.6. The summed E-state index contributed by atoms with van der Waals surface area (Å²) < 4.78 is 0. The lowest BCUT2D eigenvalue weighted by atomic mass is 10.1. The van der Waals surface area contributed by atoms with Gasteiger partial charge in [-0.3, -0.25) is 4.98 Å². The first-order valence-electron chi connectivity index (χ1n) is 7.16. The predicted octanol–water partition coefficient (Wildman–Crippen LogP) is 2.43. The van der Waals surface area contributed by atoms with Gasteiger partial charge in [-0.1, -0.05) is 30.3 Å². The first kappa shape index (κ1) is 13.4. The van der Waals surface area contributed by atoms with Crippen LogP contribution in [0, 0.1) is 0 Å². The van der Waals surface area contributed by atoms with Crippen LogP contribution >= 0.6 is 0 Å². The van der Waals surface area contributed by atoms with Crippen molar-refractivity contribution in [1.29, 1.82) is 0 Å². The molecule has 2 aliphatic heterocycles. The molecule has 2 aliphatic rings. The summed E-state index contributed by atoms with van der Waals surface area (Å²) in [4.78, 5) is 25.9. The number of fused-ring (bicyclic) bond motifs is 1. The molecule has 0 saturated heterocycles. The van der Waals surface area contributed by atoms with Crippen LogP contribution in [-0.4, -0.2) is 27.6 Å². The number of aliphatic imine (C=N–C) groups is 2. The van der Waals surface area contributed by atoms with Crippen LogP contribution in [0.5, 0.6) is 0 Å².